The van der Waals surface area contributed by atoms with Crippen molar-refractivity contribution in [3.8, 4) is 0 Å². The highest BCUT2D eigenvalue weighted by molar-refractivity contribution is 5.76. The summed E-state index contributed by atoms with van der Waals surface area (Å²) in [5, 5.41) is 6.11. The van der Waals surface area contributed by atoms with Crippen molar-refractivity contribution in [3.63, 3.8) is 0 Å². The minimum Gasteiger partial charge on any atom is -0.383 e. The molecule has 2 N–H and O–H groups in total. The Bertz CT molecular complexity index is 385. The van der Waals surface area contributed by atoms with Crippen molar-refractivity contribution in [1.29, 1.82) is 0 Å². The van der Waals surface area contributed by atoms with Crippen molar-refractivity contribution in [2.75, 3.05) is 26.8 Å². The second-order valence-electron chi connectivity index (χ2n) is 4.64. The maximum absolute atomic E-state index is 11.5. The van der Waals surface area contributed by atoms with Crippen LogP contribution in [0.3, 0.4) is 0 Å². The first-order chi connectivity index (χ1) is 9.15. The summed E-state index contributed by atoms with van der Waals surface area (Å²) in [7, 11) is 1.62. The van der Waals surface area contributed by atoms with E-state index < -0.39 is 0 Å². The highest BCUT2D eigenvalue weighted by Gasteiger charge is 2.03. The lowest BCUT2D eigenvalue weighted by molar-refractivity contribution is -0.121. The monoisotopic (exact) mass is 264 g/mol. The Kier molecular flexibility index (Phi) is 7.15. The molecule has 4 heteroatoms. The molecule has 1 aromatic carbocycles. The van der Waals surface area contributed by atoms with Crippen LogP contribution in [0.2, 0.25) is 0 Å². The van der Waals surface area contributed by atoms with Crippen LogP contribution >= 0.6 is 0 Å². The number of carbonyl (C=O) groups is 1. The van der Waals surface area contributed by atoms with Crippen LogP contribution < -0.4 is 10.6 Å². The minimum absolute atomic E-state index is 0.0612. The molecule has 1 aromatic rings. The summed E-state index contributed by atoms with van der Waals surface area (Å²) < 4.78 is 4.87. The average molecular weight is 264 g/mol. The van der Waals surface area contributed by atoms with Crippen molar-refractivity contribution in [2.24, 2.45) is 0 Å². The Hall–Kier alpha value is -1.39. The van der Waals surface area contributed by atoms with E-state index in [2.05, 4.69) is 42.7 Å². The third kappa shape index (κ3) is 5.85. The van der Waals surface area contributed by atoms with E-state index in [1.165, 1.54) is 16.7 Å². The molecule has 0 aliphatic heterocycles. The van der Waals surface area contributed by atoms with E-state index in [9.17, 15) is 4.79 Å². The summed E-state index contributed by atoms with van der Waals surface area (Å²) in [4.78, 5) is 11.5. The third-order valence-electron chi connectivity index (χ3n) is 3.10. The molecule has 4 nitrogen and oxygen atoms in total. The average Bonchev–Trinajstić information content (AvgIpc) is 2.37. The summed E-state index contributed by atoms with van der Waals surface area (Å²) in [6, 6.07) is 6.29. The van der Waals surface area contributed by atoms with Gasteiger partial charge in [0.25, 0.3) is 0 Å². The van der Waals surface area contributed by atoms with Crippen LogP contribution in [0, 0.1) is 13.8 Å². The molecular weight excluding hydrogens is 240 g/mol. The molecule has 1 amide bonds. The molecule has 0 spiro atoms. The fourth-order valence-electron chi connectivity index (χ4n) is 1.92. The smallest absolute Gasteiger partial charge is 0.221 e. The zero-order valence-corrected chi connectivity index (χ0v) is 12.1. The number of ether oxygens (including phenoxy) is 1. The first kappa shape index (κ1) is 15.7. The van der Waals surface area contributed by atoms with Crippen LogP contribution in [-0.2, 0) is 16.1 Å². The highest BCUT2D eigenvalue weighted by Crippen LogP contribution is 2.12. The van der Waals surface area contributed by atoms with E-state index in [-0.39, 0.29) is 5.91 Å². The lowest BCUT2D eigenvalue weighted by atomic mass is 10.0. The molecule has 0 saturated heterocycles. The Balaban J connectivity index is 2.22. The van der Waals surface area contributed by atoms with Crippen LogP contribution in [0.25, 0.3) is 0 Å². The highest BCUT2D eigenvalue weighted by atomic mass is 16.5. The Labute approximate surface area is 115 Å². The summed E-state index contributed by atoms with van der Waals surface area (Å²) >= 11 is 0. The van der Waals surface area contributed by atoms with Crippen LogP contribution in [-0.4, -0.2) is 32.7 Å². The second kappa shape index (κ2) is 8.67. The molecule has 0 atom stereocenters. The molecule has 0 saturated carbocycles. The first-order valence-electron chi connectivity index (χ1n) is 6.66. The molecule has 0 aromatic heterocycles. The summed E-state index contributed by atoms with van der Waals surface area (Å²) in [5.74, 6) is 0.0612. The predicted octanol–water partition coefficient (Wildman–Crippen LogP) is 1.55. The quantitative estimate of drug-likeness (QED) is 0.700. The molecule has 106 valence electrons. The Morgan fingerprint density at radius 3 is 2.53 bits per heavy atom. The molecule has 1 rings (SSSR count). The maximum Gasteiger partial charge on any atom is 0.221 e. The number of rotatable bonds is 8. The largest absolute Gasteiger partial charge is 0.383 e. The zero-order valence-electron chi connectivity index (χ0n) is 12.1. The minimum atomic E-state index is 0.0612. The molecule has 19 heavy (non-hydrogen) atoms. The van der Waals surface area contributed by atoms with Gasteiger partial charge in [-0.25, -0.2) is 0 Å². The van der Waals surface area contributed by atoms with Gasteiger partial charge < -0.3 is 15.4 Å². The van der Waals surface area contributed by atoms with E-state index in [1.54, 1.807) is 7.11 Å². The molecule has 0 bridgehead atoms. The van der Waals surface area contributed by atoms with Crippen LogP contribution in [0.1, 0.15) is 23.1 Å². The molecule has 0 unspecified atom stereocenters. The number of methoxy groups -OCH3 is 1. The van der Waals surface area contributed by atoms with Gasteiger partial charge in [0.15, 0.2) is 0 Å². The van der Waals surface area contributed by atoms with Gasteiger partial charge in [-0.3, -0.25) is 4.79 Å². The van der Waals surface area contributed by atoms with Gasteiger partial charge in [0.1, 0.15) is 0 Å². The van der Waals surface area contributed by atoms with Gasteiger partial charge in [0.05, 0.1) is 6.61 Å². The van der Waals surface area contributed by atoms with Crippen LogP contribution in [0.15, 0.2) is 18.2 Å². The lowest BCUT2D eigenvalue weighted by Crippen LogP contribution is -2.30. The van der Waals surface area contributed by atoms with E-state index in [1.807, 2.05) is 0 Å². The van der Waals surface area contributed by atoms with Crippen molar-refractivity contribution < 1.29 is 9.53 Å². The normalized spacial score (nSPS) is 10.5. The number of nitrogens with one attached hydrogen (secondary N) is 2. The SMILES string of the molecule is COCCNC(=O)CCNCc1c(C)cccc1C. The van der Waals surface area contributed by atoms with Gasteiger partial charge in [-0.05, 0) is 30.5 Å². The lowest BCUT2D eigenvalue weighted by Gasteiger charge is -2.11. The molecule has 0 aliphatic carbocycles. The fraction of sp³-hybridized carbons (Fsp3) is 0.533. The molecule has 0 radical (unpaired) electrons. The molecule has 0 fully saturated rings. The van der Waals surface area contributed by atoms with Gasteiger partial charge >= 0.3 is 0 Å². The van der Waals surface area contributed by atoms with Crippen molar-refractivity contribution in [1.82, 2.24) is 10.6 Å². The number of hydrogen-bond donors (Lipinski definition) is 2. The topological polar surface area (TPSA) is 50.4 Å². The number of aryl methyl sites for hydroxylation is 2. The van der Waals surface area contributed by atoms with E-state index in [4.69, 9.17) is 4.74 Å². The van der Waals surface area contributed by atoms with Gasteiger partial charge in [-0.15, -0.1) is 0 Å². The van der Waals surface area contributed by atoms with Gasteiger partial charge in [-0.1, -0.05) is 18.2 Å². The van der Waals surface area contributed by atoms with Crippen LogP contribution in [0.4, 0.5) is 0 Å². The van der Waals surface area contributed by atoms with Crippen molar-refractivity contribution in [2.45, 2.75) is 26.8 Å². The van der Waals surface area contributed by atoms with Gasteiger partial charge in [0.2, 0.25) is 5.91 Å². The summed E-state index contributed by atoms with van der Waals surface area (Å²) in [6.45, 7) is 6.85. The van der Waals surface area contributed by atoms with Gasteiger partial charge in [-0.2, -0.15) is 0 Å². The summed E-state index contributed by atoms with van der Waals surface area (Å²) in [5.41, 5.74) is 3.90. The number of hydrogen-bond acceptors (Lipinski definition) is 3. The third-order valence-corrected chi connectivity index (χ3v) is 3.10. The van der Waals surface area contributed by atoms with Gasteiger partial charge in [0, 0.05) is 33.2 Å². The predicted molar refractivity (Wildman–Crippen MR) is 77.1 cm³/mol. The Morgan fingerprint density at radius 2 is 1.89 bits per heavy atom. The number of carbonyl (C=O) groups excluding carboxylic acids is 1. The molecule has 0 heterocycles. The second-order valence-corrected chi connectivity index (χ2v) is 4.64. The molecule has 0 aliphatic rings. The van der Waals surface area contributed by atoms with Crippen molar-refractivity contribution >= 4 is 5.91 Å². The summed E-state index contributed by atoms with van der Waals surface area (Å²) in [6.07, 6.45) is 0.495. The van der Waals surface area contributed by atoms with E-state index in [0.29, 0.717) is 26.1 Å². The van der Waals surface area contributed by atoms with E-state index in [0.717, 1.165) is 6.54 Å². The fourth-order valence-corrected chi connectivity index (χ4v) is 1.92. The zero-order chi connectivity index (χ0) is 14.1. The standard InChI is InChI=1S/C15H24N2O2/c1-12-5-4-6-13(2)14(12)11-16-8-7-15(18)17-9-10-19-3/h4-6,16H,7-11H2,1-3H3,(H,17,18). The van der Waals surface area contributed by atoms with Crippen LogP contribution in [0.5, 0.6) is 0 Å². The van der Waals surface area contributed by atoms with Crippen molar-refractivity contribution in [3.05, 3.63) is 34.9 Å². The first-order valence-corrected chi connectivity index (χ1v) is 6.66. The Morgan fingerprint density at radius 1 is 1.21 bits per heavy atom. The van der Waals surface area contributed by atoms with E-state index >= 15 is 0 Å². The molecular formula is C15H24N2O2. The number of amides is 1. The number of benzene rings is 1. The maximum atomic E-state index is 11.5.